The van der Waals surface area contributed by atoms with Crippen LogP contribution in [0.5, 0.6) is 11.5 Å². The Labute approximate surface area is 197 Å². The molecule has 1 fully saturated rings. The van der Waals surface area contributed by atoms with Gasteiger partial charge in [0.2, 0.25) is 6.79 Å². The van der Waals surface area contributed by atoms with Crippen molar-refractivity contribution in [1.82, 2.24) is 4.90 Å². The van der Waals surface area contributed by atoms with Crippen molar-refractivity contribution in [1.29, 1.82) is 0 Å². The highest BCUT2D eigenvalue weighted by atomic mass is 32.1. The Balaban J connectivity index is 0.000000429. The van der Waals surface area contributed by atoms with Crippen LogP contribution in [0.15, 0.2) is 30.3 Å². The molecule has 4 rings (SSSR count). The molecular formula is C20H16F6N2O6S. The predicted molar refractivity (Wildman–Crippen MR) is 105 cm³/mol. The first-order valence-electron chi connectivity index (χ1n) is 9.81. The zero-order valence-electron chi connectivity index (χ0n) is 17.5. The number of amides is 1. The molecule has 35 heavy (non-hydrogen) atoms. The van der Waals surface area contributed by atoms with E-state index < -0.39 is 29.0 Å². The molecule has 15 heteroatoms. The second-order valence-electron chi connectivity index (χ2n) is 7.24. The number of thiophene rings is 1. The SMILES string of the molecule is O=C([O-])C(F)(F)F.O=C(c1ccc(C(=O)C(F)(F)F)s1)N1CC[NH+](c2ccc3c(c2)OCO3)CC1. The fraction of sp³-hybridized carbons (Fsp3) is 0.350. The molecule has 1 N–H and O–H groups in total. The third-order valence-corrected chi connectivity index (χ3v) is 6.04. The lowest BCUT2D eigenvalue weighted by atomic mass is 10.2. The number of rotatable bonds is 3. The highest BCUT2D eigenvalue weighted by Crippen LogP contribution is 2.33. The Bertz CT molecular complexity index is 1110. The van der Waals surface area contributed by atoms with Gasteiger partial charge in [0.1, 0.15) is 11.7 Å². The molecule has 1 aromatic heterocycles. The number of hydrogen-bond donors (Lipinski definition) is 1. The van der Waals surface area contributed by atoms with E-state index in [4.69, 9.17) is 19.4 Å². The number of halogens is 6. The molecule has 0 unspecified atom stereocenters. The van der Waals surface area contributed by atoms with E-state index in [9.17, 15) is 35.9 Å². The van der Waals surface area contributed by atoms with E-state index in [1.165, 1.54) is 11.0 Å². The molecule has 1 saturated heterocycles. The van der Waals surface area contributed by atoms with Gasteiger partial charge in [-0.3, -0.25) is 14.5 Å². The summed E-state index contributed by atoms with van der Waals surface area (Å²) in [6.45, 7) is 2.44. The molecule has 0 saturated carbocycles. The summed E-state index contributed by atoms with van der Waals surface area (Å²) in [7, 11) is 0. The summed E-state index contributed by atoms with van der Waals surface area (Å²) in [5.74, 6) is -3.88. The molecule has 1 aromatic carbocycles. The van der Waals surface area contributed by atoms with Gasteiger partial charge in [0.25, 0.3) is 11.7 Å². The van der Waals surface area contributed by atoms with E-state index in [1.54, 1.807) is 4.90 Å². The van der Waals surface area contributed by atoms with Gasteiger partial charge in [0.15, 0.2) is 11.5 Å². The van der Waals surface area contributed by atoms with Crippen LogP contribution in [0.2, 0.25) is 0 Å². The number of hydrogen-bond acceptors (Lipinski definition) is 7. The van der Waals surface area contributed by atoms with Crippen molar-refractivity contribution in [2.75, 3.05) is 33.0 Å². The van der Waals surface area contributed by atoms with Crippen LogP contribution in [0.3, 0.4) is 0 Å². The van der Waals surface area contributed by atoms with Crippen LogP contribution in [-0.4, -0.2) is 67.9 Å². The van der Waals surface area contributed by atoms with Crippen molar-refractivity contribution >= 4 is 34.7 Å². The highest BCUT2D eigenvalue weighted by molar-refractivity contribution is 7.16. The topological polar surface area (TPSA) is 100 Å². The molecule has 2 aliphatic rings. The predicted octanol–water partition coefficient (Wildman–Crippen LogP) is 1.19. The lowest BCUT2D eigenvalue weighted by Gasteiger charge is -2.31. The lowest BCUT2D eigenvalue weighted by Crippen LogP contribution is -3.10. The largest absolute Gasteiger partial charge is 0.542 e. The monoisotopic (exact) mass is 526 g/mol. The fourth-order valence-corrected chi connectivity index (χ4v) is 4.19. The minimum atomic E-state index is -5.19. The molecule has 3 heterocycles. The lowest BCUT2D eigenvalue weighted by molar-refractivity contribution is -0.837. The number of nitrogens with one attached hydrogen (secondary N) is 1. The summed E-state index contributed by atoms with van der Waals surface area (Å²) >= 11 is 0.582. The van der Waals surface area contributed by atoms with Crippen LogP contribution in [0, 0.1) is 0 Å². The number of carbonyl (C=O) groups is 3. The summed E-state index contributed by atoms with van der Waals surface area (Å²) < 4.78 is 79.8. The van der Waals surface area contributed by atoms with E-state index in [0.717, 1.165) is 11.8 Å². The van der Waals surface area contributed by atoms with Gasteiger partial charge in [-0.2, -0.15) is 26.3 Å². The van der Waals surface area contributed by atoms with Crippen molar-refractivity contribution in [3.8, 4) is 11.5 Å². The number of nitrogens with zero attached hydrogens (tertiary/aromatic N) is 1. The van der Waals surface area contributed by atoms with Gasteiger partial charge in [0, 0.05) is 12.1 Å². The number of benzene rings is 1. The van der Waals surface area contributed by atoms with E-state index in [0.29, 0.717) is 49.0 Å². The second-order valence-corrected chi connectivity index (χ2v) is 8.32. The van der Waals surface area contributed by atoms with Gasteiger partial charge in [-0.1, -0.05) is 0 Å². The van der Waals surface area contributed by atoms with Crippen molar-refractivity contribution in [2.45, 2.75) is 12.4 Å². The minimum absolute atomic E-state index is 0.138. The quantitative estimate of drug-likeness (QED) is 0.477. The smallest absolute Gasteiger partial charge is 0.455 e. The first kappa shape index (κ1) is 26.3. The maximum Gasteiger partial charge on any atom is 0.455 e. The summed E-state index contributed by atoms with van der Waals surface area (Å²) in [5.41, 5.74) is 1.03. The van der Waals surface area contributed by atoms with E-state index in [1.807, 2.05) is 18.2 Å². The van der Waals surface area contributed by atoms with Crippen LogP contribution in [0.25, 0.3) is 0 Å². The number of carbonyl (C=O) groups excluding carboxylic acids is 3. The third kappa shape index (κ3) is 6.42. The molecule has 1 amide bonds. The Morgan fingerprint density at radius 2 is 1.46 bits per heavy atom. The van der Waals surface area contributed by atoms with Crippen molar-refractivity contribution < 1.29 is 60.2 Å². The number of carboxylic acid groups (broad SMARTS) is 1. The van der Waals surface area contributed by atoms with E-state index >= 15 is 0 Å². The number of fused-ring (bicyclic) bond motifs is 1. The van der Waals surface area contributed by atoms with Gasteiger partial charge >= 0.3 is 12.4 Å². The van der Waals surface area contributed by atoms with Crippen LogP contribution < -0.4 is 19.5 Å². The Morgan fingerprint density at radius 1 is 0.886 bits per heavy atom. The standard InChI is InChI=1S/C18H15F3N2O4S.C2HF3O2/c19-18(20,21)16(24)14-3-4-15(28-14)17(25)23-7-5-22(6-8-23)11-1-2-12-13(9-11)27-10-26-12;3-2(4,5)1(6)7/h1-4,9H,5-8,10H2;(H,6,7). The number of Topliss-reactive ketones (excluding diaryl/α,β-unsaturated/α-hetero) is 1. The summed E-state index contributed by atoms with van der Waals surface area (Å²) in [6.07, 6.45) is -10.1. The average molecular weight is 526 g/mol. The summed E-state index contributed by atoms with van der Waals surface area (Å²) in [6, 6.07) is 8.07. The maximum atomic E-state index is 12.6. The number of ether oxygens (including phenoxy) is 2. The molecule has 0 aliphatic carbocycles. The molecular weight excluding hydrogens is 510 g/mol. The number of ketones is 1. The van der Waals surface area contributed by atoms with Gasteiger partial charge in [-0.25, -0.2) is 0 Å². The second kappa shape index (κ2) is 10.1. The molecule has 0 atom stereocenters. The number of alkyl halides is 6. The minimum Gasteiger partial charge on any atom is -0.542 e. The first-order chi connectivity index (χ1) is 16.3. The average Bonchev–Trinajstić information content (AvgIpc) is 3.46. The highest BCUT2D eigenvalue weighted by Gasteiger charge is 2.40. The number of piperazine rings is 1. The van der Waals surface area contributed by atoms with Gasteiger partial charge < -0.3 is 24.3 Å². The number of carboxylic acids is 1. The fourth-order valence-electron chi connectivity index (χ4n) is 3.26. The molecule has 0 bridgehead atoms. The Kier molecular flexibility index (Phi) is 7.59. The van der Waals surface area contributed by atoms with Crippen molar-refractivity contribution in [3.63, 3.8) is 0 Å². The zero-order chi connectivity index (χ0) is 26.0. The van der Waals surface area contributed by atoms with Crippen LogP contribution in [0.4, 0.5) is 32.0 Å². The molecule has 0 radical (unpaired) electrons. The third-order valence-electron chi connectivity index (χ3n) is 4.96. The molecule has 190 valence electrons. The van der Waals surface area contributed by atoms with Gasteiger partial charge in [0.05, 0.1) is 35.9 Å². The summed E-state index contributed by atoms with van der Waals surface area (Å²) in [5, 5.41) is 8.78. The van der Waals surface area contributed by atoms with Crippen molar-refractivity contribution in [3.05, 3.63) is 40.1 Å². The van der Waals surface area contributed by atoms with Crippen LogP contribution >= 0.6 is 11.3 Å². The molecule has 0 spiro atoms. The summed E-state index contributed by atoms with van der Waals surface area (Å²) in [4.78, 5) is 35.1. The van der Waals surface area contributed by atoms with Crippen molar-refractivity contribution in [2.24, 2.45) is 0 Å². The molecule has 8 nitrogen and oxygen atoms in total. The van der Waals surface area contributed by atoms with E-state index in [2.05, 4.69) is 0 Å². The van der Waals surface area contributed by atoms with Crippen LogP contribution in [0.1, 0.15) is 19.3 Å². The molecule has 2 aromatic rings. The van der Waals surface area contributed by atoms with Gasteiger partial charge in [-0.15, -0.1) is 11.3 Å². The van der Waals surface area contributed by atoms with Gasteiger partial charge in [-0.05, 0) is 18.2 Å². The normalized spacial score (nSPS) is 15.9. The van der Waals surface area contributed by atoms with E-state index in [-0.39, 0.29) is 17.6 Å². The Hall–Kier alpha value is -3.33. The maximum absolute atomic E-state index is 12.6. The van der Waals surface area contributed by atoms with Crippen LogP contribution in [-0.2, 0) is 4.79 Å². The number of aliphatic carboxylic acids is 1. The Morgan fingerprint density at radius 3 is 2.03 bits per heavy atom. The molecule has 2 aliphatic heterocycles. The number of quaternary nitrogens is 1. The zero-order valence-corrected chi connectivity index (χ0v) is 18.3. The first-order valence-corrected chi connectivity index (χ1v) is 10.6.